The Balaban J connectivity index is 2.40. The molecule has 1 atom stereocenters. The maximum atomic E-state index is 13.8. The molecule has 2 rings (SSSR count). The summed E-state index contributed by atoms with van der Waals surface area (Å²) in [6.07, 6.45) is 0. The Labute approximate surface area is 106 Å². The quantitative estimate of drug-likeness (QED) is 0.946. The second-order valence-electron chi connectivity index (χ2n) is 3.70. The minimum absolute atomic E-state index is 0.0114. The van der Waals surface area contributed by atoms with Crippen molar-refractivity contribution in [2.24, 2.45) is 5.73 Å². The highest BCUT2D eigenvalue weighted by Crippen LogP contribution is 2.27. The third-order valence-corrected chi connectivity index (χ3v) is 3.03. The molecule has 0 aliphatic rings. The van der Waals surface area contributed by atoms with Crippen LogP contribution in [0, 0.1) is 5.82 Å². The molecule has 0 aliphatic carbocycles. The van der Waals surface area contributed by atoms with Gasteiger partial charge in [-0.2, -0.15) is 4.98 Å². The number of nitrogens with zero attached hydrogens (tertiary/aromatic N) is 2. The zero-order chi connectivity index (χ0) is 12.4. The van der Waals surface area contributed by atoms with Gasteiger partial charge in [-0.1, -0.05) is 18.1 Å². The van der Waals surface area contributed by atoms with Crippen LogP contribution in [0.1, 0.15) is 18.7 Å². The average Bonchev–Trinajstić information content (AvgIpc) is 2.81. The number of nitrogens with two attached hydrogens (primary N) is 1. The van der Waals surface area contributed by atoms with E-state index in [2.05, 4.69) is 26.1 Å². The summed E-state index contributed by atoms with van der Waals surface area (Å²) in [6, 6.07) is 4.90. The predicted molar refractivity (Wildman–Crippen MR) is 64.9 cm³/mol. The molecule has 0 spiro atoms. The van der Waals surface area contributed by atoms with Crippen LogP contribution in [0.3, 0.4) is 0 Å². The fraction of sp³-hybridized carbons (Fsp3) is 0.273. The molecule has 17 heavy (non-hydrogen) atoms. The predicted octanol–water partition coefficient (Wildman–Crippen LogP) is 2.70. The minimum Gasteiger partial charge on any atom is -0.334 e. The van der Waals surface area contributed by atoms with E-state index in [-0.39, 0.29) is 17.4 Å². The first-order chi connectivity index (χ1) is 8.13. The highest BCUT2D eigenvalue weighted by molar-refractivity contribution is 9.10. The van der Waals surface area contributed by atoms with Crippen LogP contribution in [0.4, 0.5) is 4.39 Å². The van der Waals surface area contributed by atoms with E-state index in [1.54, 1.807) is 18.2 Å². The van der Waals surface area contributed by atoms with Gasteiger partial charge in [0.25, 0.3) is 5.89 Å². The molecule has 1 aromatic carbocycles. The summed E-state index contributed by atoms with van der Waals surface area (Å²) in [5, 5.41) is 3.79. The average molecular weight is 300 g/mol. The van der Waals surface area contributed by atoms with Gasteiger partial charge in [0.15, 0.2) is 5.82 Å². The van der Waals surface area contributed by atoms with E-state index in [1.165, 1.54) is 0 Å². The van der Waals surface area contributed by atoms with Crippen molar-refractivity contribution in [3.8, 4) is 11.5 Å². The summed E-state index contributed by atoms with van der Waals surface area (Å²) < 4.78 is 19.2. The number of halogens is 2. The van der Waals surface area contributed by atoms with Gasteiger partial charge in [-0.15, -0.1) is 0 Å². The number of hydrogen-bond donors (Lipinski definition) is 1. The Hall–Kier alpha value is -1.27. The van der Waals surface area contributed by atoms with Crippen molar-refractivity contribution in [1.29, 1.82) is 0 Å². The third kappa shape index (κ3) is 2.37. The third-order valence-electron chi connectivity index (χ3n) is 2.42. The maximum Gasteiger partial charge on any atom is 0.260 e. The first-order valence-electron chi connectivity index (χ1n) is 5.11. The van der Waals surface area contributed by atoms with Gasteiger partial charge in [0, 0.05) is 12.5 Å². The molecule has 0 fully saturated rings. The van der Waals surface area contributed by atoms with Gasteiger partial charge in [0.2, 0.25) is 0 Å². The summed E-state index contributed by atoms with van der Waals surface area (Å²) in [4.78, 5) is 4.13. The van der Waals surface area contributed by atoms with Crippen LogP contribution >= 0.6 is 15.9 Å². The van der Waals surface area contributed by atoms with E-state index in [4.69, 9.17) is 10.3 Å². The van der Waals surface area contributed by atoms with Crippen molar-refractivity contribution in [2.75, 3.05) is 6.54 Å². The fourth-order valence-corrected chi connectivity index (χ4v) is 1.69. The zero-order valence-electron chi connectivity index (χ0n) is 9.15. The second-order valence-corrected chi connectivity index (χ2v) is 4.55. The lowest BCUT2D eigenvalue weighted by molar-refractivity contribution is 0.415. The molecule has 0 saturated heterocycles. The van der Waals surface area contributed by atoms with Crippen LogP contribution in [0.5, 0.6) is 0 Å². The van der Waals surface area contributed by atoms with E-state index in [0.29, 0.717) is 16.8 Å². The molecule has 1 aromatic heterocycles. The number of aromatic nitrogens is 2. The smallest absolute Gasteiger partial charge is 0.260 e. The number of hydrogen-bond acceptors (Lipinski definition) is 4. The SMILES string of the molecule is CC(CN)c1noc(-c2cccc(Br)c2F)n1. The number of rotatable bonds is 3. The molecule has 6 heteroatoms. The fourth-order valence-electron chi connectivity index (χ4n) is 1.32. The van der Waals surface area contributed by atoms with Crippen LogP contribution in [-0.2, 0) is 0 Å². The van der Waals surface area contributed by atoms with E-state index in [1.807, 2.05) is 6.92 Å². The van der Waals surface area contributed by atoms with Gasteiger partial charge in [0.05, 0.1) is 10.0 Å². The minimum atomic E-state index is -0.414. The molecule has 0 aliphatic heterocycles. The lowest BCUT2D eigenvalue weighted by atomic mass is 10.2. The van der Waals surface area contributed by atoms with E-state index in [9.17, 15) is 4.39 Å². The van der Waals surface area contributed by atoms with Gasteiger partial charge in [-0.05, 0) is 28.1 Å². The van der Waals surface area contributed by atoms with Crippen molar-refractivity contribution in [1.82, 2.24) is 10.1 Å². The van der Waals surface area contributed by atoms with Gasteiger partial charge >= 0.3 is 0 Å². The van der Waals surface area contributed by atoms with Crippen LogP contribution in [0.25, 0.3) is 11.5 Å². The maximum absolute atomic E-state index is 13.8. The van der Waals surface area contributed by atoms with Crippen LogP contribution in [0.15, 0.2) is 27.2 Å². The Bertz CT molecular complexity index is 529. The first-order valence-corrected chi connectivity index (χ1v) is 5.91. The van der Waals surface area contributed by atoms with Gasteiger partial charge in [-0.25, -0.2) is 4.39 Å². The summed E-state index contributed by atoms with van der Waals surface area (Å²) >= 11 is 3.11. The van der Waals surface area contributed by atoms with Crippen molar-refractivity contribution in [3.05, 3.63) is 34.3 Å². The van der Waals surface area contributed by atoms with Crippen LogP contribution in [-0.4, -0.2) is 16.7 Å². The van der Waals surface area contributed by atoms with Crippen molar-refractivity contribution >= 4 is 15.9 Å². The topological polar surface area (TPSA) is 64.9 Å². The van der Waals surface area contributed by atoms with Gasteiger partial charge in [-0.3, -0.25) is 0 Å². The highest BCUT2D eigenvalue weighted by atomic mass is 79.9. The normalized spacial score (nSPS) is 12.7. The first kappa shape index (κ1) is 12.2. The Morgan fingerprint density at radius 3 is 3.00 bits per heavy atom. The second kappa shape index (κ2) is 4.93. The van der Waals surface area contributed by atoms with Gasteiger partial charge < -0.3 is 10.3 Å². The summed E-state index contributed by atoms with van der Waals surface area (Å²) in [7, 11) is 0. The summed E-state index contributed by atoms with van der Waals surface area (Å²) in [5.41, 5.74) is 5.78. The Morgan fingerprint density at radius 2 is 2.29 bits per heavy atom. The molecule has 1 unspecified atom stereocenters. The van der Waals surface area contributed by atoms with Crippen LogP contribution in [0.2, 0.25) is 0 Å². The van der Waals surface area contributed by atoms with Crippen molar-refractivity contribution in [3.63, 3.8) is 0 Å². The molecule has 0 saturated carbocycles. The van der Waals surface area contributed by atoms with Crippen LogP contribution < -0.4 is 5.73 Å². The molecule has 0 bridgehead atoms. The summed E-state index contributed by atoms with van der Waals surface area (Å²) in [6.45, 7) is 2.30. The molecule has 0 radical (unpaired) electrons. The van der Waals surface area contributed by atoms with Crippen molar-refractivity contribution < 1.29 is 8.91 Å². The summed E-state index contributed by atoms with van der Waals surface area (Å²) in [5.74, 6) is 0.229. The van der Waals surface area contributed by atoms with Crippen molar-refractivity contribution in [2.45, 2.75) is 12.8 Å². The molecule has 0 amide bonds. The lowest BCUT2D eigenvalue weighted by Crippen LogP contribution is -2.10. The molecule has 2 aromatic rings. The van der Waals surface area contributed by atoms with E-state index >= 15 is 0 Å². The van der Waals surface area contributed by atoms with E-state index in [0.717, 1.165) is 0 Å². The zero-order valence-corrected chi connectivity index (χ0v) is 10.7. The monoisotopic (exact) mass is 299 g/mol. The molecule has 1 heterocycles. The van der Waals surface area contributed by atoms with E-state index < -0.39 is 5.82 Å². The highest BCUT2D eigenvalue weighted by Gasteiger charge is 2.17. The molecule has 2 N–H and O–H groups in total. The number of benzene rings is 1. The Kier molecular flexibility index (Phi) is 3.54. The Morgan fingerprint density at radius 1 is 1.53 bits per heavy atom. The largest absolute Gasteiger partial charge is 0.334 e. The molecule has 90 valence electrons. The lowest BCUT2D eigenvalue weighted by Gasteiger charge is -2.00. The van der Waals surface area contributed by atoms with Gasteiger partial charge in [0.1, 0.15) is 5.82 Å². The standard InChI is InChI=1S/C11H11BrFN3O/c1-6(5-14)10-15-11(17-16-10)7-3-2-4-8(12)9(7)13/h2-4,6H,5,14H2,1H3. The molecule has 4 nitrogen and oxygen atoms in total. The molecular weight excluding hydrogens is 289 g/mol. The molecular formula is C11H11BrFN3O.